The van der Waals surface area contributed by atoms with Gasteiger partial charge in [0.15, 0.2) is 0 Å². The zero-order valence-corrected chi connectivity index (χ0v) is 15.2. The van der Waals surface area contributed by atoms with E-state index in [0.717, 1.165) is 5.69 Å². The summed E-state index contributed by atoms with van der Waals surface area (Å²) in [5.74, 6) is -1.13. The second-order valence-electron chi connectivity index (χ2n) is 7.17. The number of hydrogen-bond acceptors (Lipinski definition) is 7. The van der Waals surface area contributed by atoms with Gasteiger partial charge in [0.05, 0.1) is 25.9 Å². The highest BCUT2D eigenvalue weighted by atomic mass is 16.7. The number of methoxy groups -OCH3 is 1. The van der Waals surface area contributed by atoms with Crippen molar-refractivity contribution >= 4 is 18.0 Å². The molecule has 1 atom stereocenters. The molecule has 1 aromatic rings. The van der Waals surface area contributed by atoms with Crippen molar-refractivity contribution in [2.45, 2.75) is 52.0 Å². The molecule has 0 fully saturated rings. The van der Waals surface area contributed by atoms with Crippen LogP contribution in [0.3, 0.4) is 0 Å². The monoisotopic (exact) mass is 366 g/mol. The standard InChI is InChI=1S/C16H22N4O6/c1-16(2,3)25-15(23)19-6-5-10-9(7-19)12-13(21)18-26-11(14(22)24-4)8-20(12)17-10/h11H,5-8H2,1-4H3,(H,18,21). The maximum atomic E-state index is 12.4. The van der Waals surface area contributed by atoms with Gasteiger partial charge in [-0.25, -0.2) is 15.1 Å². The molecule has 26 heavy (non-hydrogen) atoms. The van der Waals surface area contributed by atoms with E-state index in [-0.39, 0.29) is 18.8 Å². The van der Waals surface area contributed by atoms with Crippen LogP contribution < -0.4 is 5.48 Å². The largest absolute Gasteiger partial charge is 0.467 e. The van der Waals surface area contributed by atoms with E-state index in [4.69, 9.17) is 9.57 Å². The Bertz CT molecular complexity index is 751. The van der Waals surface area contributed by atoms with Gasteiger partial charge in [-0.1, -0.05) is 0 Å². The molecule has 10 nitrogen and oxygen atoms in total. The zero-order valence-electron chi connectivity index (χ0n) is 15.2. The summed E-state index contributed by atoms with van der Waals surface area (Å²) in [7, 11) is 1.24. The fourth-order valence-electron chi connectivity index (χ4n) is 2.92. The van der Waals surface area contributed by atoms with Crippen LogP contribution in [0.15, 0.2) is 0 Å². The lowest BCUT2D eigenvalue weighted by atomic mass is 10.1. The van der Waals surface area contributed by atoms with E-state index in [1.165, 1.54) is 16.7 Å². The first kappa shape index (κ1) is 18.2. The minimum absolute atomic E-state index is 0.0418. The van der Waals surface area contributed by atoms with E-state index >= 15 is 0 Å². The Kier molecular flexibility index (Phi) is 4.61. The summed E-state index contributed by atoms with van der Waals surface area (Å²) in [6, 6.07) is 0. The molecule has 1 unspecified atom stereocenters. The van der Waals surface area contributed by atoms with E-state index in [1.807, 2.05) is 0 Å². The van der Waals surface area contributed by atoms with Gasteiger partial charge in [0.2, 0.25) is 6.10 Å². The highest BCUT2D eigenvalue weighted by Gasteiger charge is 2.36. The summed E-state index contributed by atoms with van der Waals surface area (Å²) in [5, 5.41) is 4.43. The summed E-state index contributed by atoms with van der Waals surface area (Å²) in [6.07, 6.45) is -0.944. The Hall–Kier alpha value is -2.62. The van der Waals surface area contributed by atoms with E-state index < -0.39 is 29.7 Å². The van der Waals surface area contributed by atoms with Gasteiger partial charge in [-0.3, -0.25) is 14.3 Å². The molecule has 0 saturated heterocycles. The summed E-state index contributed by atoms with van der Waals surface area (Å²) >= 11 is 0. The Balaban J connectivity index is 1.86. The molecule has 2 aliphatic heterocycles. The second-order valence-corrected chi connectivity index (χ2v) is 7.17. The Morgan fingerprint density at radius 2 is 2.08 bits per heavy atom. The number of hydroxylamine groups is 1. The normalized spacial score (nSPS) is 19.8. The molecule has 0 spiro atoms. The smallest absolute Gasteiger partial charge is 0.410 e. The van der Waals surface area contributed by atoms with Crippen LogP contribution in [0, 0.1) is 0 Å². The maximum Gasteiger partial charge on any atom is 0.410 e. The molecule has 0 saturated carbocycles. The van der Waals surface area contributed by atoms with Gasteiger partial charge in [-0.15, -0.1) is 0 Å². The molecule has 3 heterocycles. The Labute approximate surface area is 150 Å². The second kappa shape index (κ2) is 6.60. The van der Waals surface area contributed by atoms with E-state index in [2.05, 4.69) is 15.3 Å². The van der Waals surface area contributed by atoms with Crippen molar-refractivity contribution in [3.05, 3.63) is 17.0 Å². The van der Waals surface area contributed by atoms with Crippen molar-refractivity contribution < 1.29 is 28.7 Å². The lowest BCUT2D eigenvalue weighted by molar-refractivity contribution is -0.158. The molecule has 0 radical (unpaired) electrons. The first-order valence-corrected chi connectivity index (χ1v) is 8.30. The van der Waals surface area contributed by atoms with Crippen LogP contribution in [-0.2, 0) is 38.6 Å². The molecule has 0 bridgehead atoms. The number of nitrogens with zero attached hydrogens (tertiary/aromatic N) is 3. The number of carbonyl (C=O) groups excluding carboxylic acids is 3. The first-order chi connectivity index (χ1) is 12.2. The van der Waals surface area contributed by atoms with Gasteiger partial charge in [0, 0.05) is 18.5 Å². The predicted octanol–water partition coefficient (Wildman–Crippen LogP) is 0.393. The quantitative estimate of drug-likeness (QED) is 0.716. The van der Waals surface area contributed by atoms with Crippen LogP contribution in [0.5, 0.6) is 0 Å². The number of amides is 2. The fraction of sp³-hybridized carbons (Fsp3) is 0.625. The van der Waals surface area contributed by atoms with Gasteiger partial charge in [0.25, 0.3) is 5.91 Å². The lowest BCUT2D eigenvalue weighted by Gasteiger charge is -2.29. The number of carbonyl (C=O) groups is 3. The van der Waals surface area contributed by atoms with Gasteiger partial charge < -0.3 is 14.4 Å². The number of hydrogen-bond donors (Lipinski definition) is 1. The molecule has 142 valence electrons. The number of esters is 1. The van der Waals surface area contributed by atoms with Crippen LogP contribution in [0.25, 0.3) is 0 Å². The molecule has 10 heteroatoms. The molecular formula is C16H22N4O6. The Morgan fingerprint density at radius 1 is 1.35 bits per heavy atom. The van der Waals surface area contributed by atoms with E-state index in [0.29, 0.717) is 18.5 Å². The highest BCUT2D eigenvalue weighted by Crippen LogP contribution is 2.25. The van der Waals surface area contributed by atoms with Gasteiger partial charge >= 0.3 is 12.1 Å². The fourth-order valence-corrected chi connectivity index (χ4v) is 2.92. The summed E-state index contributed by atoms with van der Waals surface area (Å²) in [5.41, 5.74) is 3.28. The molecule has 1 N–H and O–H groups in total. The van der Waals surface area contributed by atoms with E-state index in [1.54, 1.807) is 20.8 Å². The maximum absolute atomic E-state index is 12.4. The number of ether oxygens (including phenoxy) is 2. The molecule has 2 amide bonds. The van der Waals surface area contributed by atoms with Crippen molar-refractivity contribution in [1.82, 2.24) is 20.2 Å². The highest BCUT2D eigenvalue weighted by molar-refractivity contribution is 5.94. The van der Waals surface area contributed by atoms with Gasteiger partial charge in [0.1, 0.15) is 11.3 Å². The minimum Gasteiger partial charge on any atom is -0.467 e. The van der Waals surface area contributed by atoms with Crippen molar-refractivity contribution in [3.63, 3.8) is 0 Å². The van der Waals surface area contributed by atoms with Crippen molar-refractivity contribution in [1.29, 1.82) is 0 Å². The lowest BCUT2D eigenvalue weighted by Crippen LogP contribution is -2.40. The third-order valence-electron chi connectivity index (χ3n) is 4.06. The van der Waals surface area contributed by atoms with Crippen LogP contribution in [-0.4, -0.2) is 58.0 Å². The van der Waals surface area contributed by atoms with Crippen LogP contribution in [0.2, 0.25) is 0 Å². The predicted molar refractivity (Wildman–Crippen MR) is 86.9 cm³/mol. The number of fused-ring (bicyclic) bond motifs is 3. The van der Waals surface area contributed by atoms with Crippen LogP contribution >= 0.6 is 0 Å². The third-order valence-corrected chi connectivity index (χ3v) is 4.06. The summed E-state index contributed by atoms with van der Waals surface area (Å²) in [6.45, 7) is 6.07. The molecule has 0 aliphatic carbocycles. The molecule has 1 aromatic heterocycles. The Morgan fingerprint density at radius 3 is 2.73 bits per heavy atom. The third kappa shape index (κ3) is 3.50. The molecule has 3 rings (SSSR count). The average molecular weight is 366 g/mol. The molecular weight excluding hydrogens is 344 g/mol. The topological polar surface area (TPSA) is 112 Å². The average Bonchev–Trinajstić information content (AvgIpc) is 2.84. The molecule has 2 aliphatic rings. The summed E-state index contributed by atoms with van der Waals surface area (Å²) < 4.78 is 11.5. The number of nitrogens with one attached hydrogen (secondary N) is 1. The minimum atomic E-state index is -0.992. The zero-order chi connectivity index (χ0) is 19.1. The SMILES string of the molecule is COC(=O)C1Cn2nc3c(c2C(=O)NO1)CN(C(=O)OC(C)(C)C)CC3. The first-order valence-electron chi connectivity index (χ1n) is 8.30. The van der Waals surface area contributed by atoms with Crippen LogP contribution in [0.1, 0.15) is 42.5 Å². The van der Waals surface area contributed by atoms with Crippen molar-refractivity contribution in [3.8, 4) is 0 Å². The van der Waals surface area contributed by atoms with Gasteiger partial charge in [-0.2, -0.15) is 5.10 Å². The molecule has 0 aromatic carbocycles. The van der Waals surface area contributed by atoms with Crippen LogP contribution in [0.4, 0.5) is 4.79 Å². The summed E-state index contributed by atoms with van der Waals surface area (Å²) in [4.78, 5) is 43.1. The number of rotatable bonds is 1. The van der Waals surface area contributed by atoms with Gasteiger partial charge in [-0.05, 0) is 20.8 Å². The van der Waals surface area contributed by atoms with Crippen molar-refractivity contribution in [2.24, 2.45) is 0 Å². The van der Waals surface area contributed by atoms with Crippen molar-refractivity contribution in [2.75, 3.05) is 13.7 Å². The van der Waals surface area contributed by atoms with E-state index in [9.17, 15) is 14.4 Å². The number of aromatic nitrogens is 2.